The maximum Gasteiger partial charge on any atom is 0.270 e. The van der Waals surface area contributed by atoms with Crippen molar-refractivity contribution < 1.29 is 9.72 Å². The summed E-state index contributed by atoms with van der Waals surface area (Å²) in [6.07, 6.45) is 1.88. The van der Waals surface area contributed by atoms with E-state index in [1.54, 1.807) is 11.9 Å². The second-order valence-corrected chi connectivity index (χ2v) is 5.43. The maximum absolute atomic E-state index is 12.2. The lowest BCUT2D eigenvalue weighted by molar-refractivity contribution is -0.384. The average molecular weight is 317 g/mol. The van der Waals surface area contributed by atoms with Crippen LogP contribution >= 0.6 is 0 Å². The molecule has 0 bridgehead atoms. The highest BCUT2D eigenvalue weighted by Gasteiger charge is 2.14. The molecule has 0 spiro atoms. The van der Waals surface area contributed by atoms with Gasteiger partial charge in [-0.3, -0.25) is 24.3 Å². The van der Waals surface area contributed by atoms with Gasteiger partial charge in [0.25, 0.3) is 11.2 Å². The number of carbonyl (C=O) groups excluding carboxylic acids is 1. The zero-order chi connectivity index (χ0) is 17.0. The van der Waals surface area contributed by atoms with E-state index in [1.165, 1.54) is 34.9 Å². The minimum absolute atomic E-state index is 0.0471. The standard InChI is InChI=1S/C16H19N3O4/c1-3-4-9-17(2)16(21)11-18-14-7-6-13(19(22)23)10-12(14)5-8-15(18)20/h5-8,10H,3-4,9,11H2,1-2H3. The summed E-state index contributed by atoms with van der Waals surface area (Å²) < 4.78 is 1.35. The van der Waals surface area contributed by atoms with E-state index in [1.807, 2.05) is 6.92 Å². The van der Waals surface area contributed by atoms with Crippen LogP contribution in [0.1, 0.15) is 19.8 Å². The van der Waals surface area contributed by atoms with Gasteiger partial charge < -0.3 is 4.90 Å². The van der Waals surface area contributed by atoms with Crippen LogP contribution in [0.25, 0.3) is 10.9 Å². The van der Waals surface area contributed by atoms with Crippen molar-refractivity contribution in [3.05, 3.63) is 50.8 Å². The molecule has 0 aliphatic heterocycles. The van der Waals surface area contributed by atoms with Crippen LogP contribution in [0.15, 0.2) is 35.1 Å². The summed E-state index contributed by atoms with van der Waals surface area (Å²) >= 11 is 0. The number of nitrogens with zero attached hydrogens (tertiary/aromatic N) is 3. The van der Waals surface area contributed by atoms with Gasteiger partial charge in [-0.05, 0) is 18.6 Å². The first-order valence-corrected chi connectivity index (χ1v) is 7.46. The summed E-state index contributed by atoms with van der Waals surface area (Å²) in [7, 11) is 1.71. The number of fused-ring (bicyclic) bond motifs is 1. The largest absolute Gasteiger partial charge is 0.344 e. The van der Waals surface area contributed by atoms with Crippen LogP contribution in [0.3, 0.4) is 0 Å². The molecular formula is C16H19N3O4. The monoisotopic (exact) mass is 317 g/mol. The molecule has 0 aliphatic rings. The number of carbonyl (C=O) groups is 1. The van der Waals surface area contributed by atoms with Crippen LogP contribution in [0, 0.1) is 10.1 Å². The Morgan fingerprint density at radius 2 is 2.04 bits per heavy atom. The molecule has 1 aromatic heterocycles. The lowest BCUT2D eigenvalue weighted by Crippen LogP contribution is -2.34. The van der Waals surface area contributed by atoms with Gasteiger partial charge in [-0.1, -0.05) is 13.3 Å². The lowest BCUT2D eigenvalue weighted by Gasteiger charge is -2.18. The SMILES string of the molecule is CCCCN(C)C(=O)Cn1c(=O)ccc2cc([N+](=O)[O-])ccc21. The number of hydrogen-bond donors (Lipinski definition) is 0. The Bertz CT molecular complexity index is 798. The van der Waals surface area contributed by atoms with Crippen molar-refractivity contribution in [1.82, 2.24) is 9.47 Å². The van der Waals surface area contributed by atoms with Crippen LogP contribution in [0.4, 0.5) is 5.69 Å². The molecule has 7 nitrogen and oxygen atoms in total. The molecular weight excluding hydrogens is 298 g/mol. The molecule has 0 atom stereocenters. The Labute approximate surface area is 133 Å². The molecule has 0 fully saturated rings. The van der Waals surface area contributed by atoms with E-state index in [-0.39, 0.29) is 23.7 Å². The number of pyridine rings is 1. The normalized spacial score (nSPS) is 10.7. The zero-order valence-electron chi connectivity index (χ0n) is 13.2. The fourth-order valence-corrected chi connectivity index (χ4v) is 2.34. The van der Waals surface area contributed by atoms with Crippen molar-refractivity contribution in [3.63, 3.8) is 0 Å². The number of likely N-dealkylation sites (N-methyl/N-ethyl adjacent to an activating group) is 1. The molecule has 0 saturated carbocycles. The molecule has 2 rings (SSSR count). The van der Waals surface area contributed by atoms with E-state index in [9.17, 15) is 19.7 Å². The van der Waals surface area contributed by atoms with Crippen LogP contribution in [0.2, 0.25) is 0 Å². The van der Waals surface area contributed by atoms with Crippen molar-refractivity contribution >= 4 is 22.5 Å². The van der Waals surface area contributed by atoms with E-state index in [2.05, 4.69) is 0 Å². The Balaban J connectivity index is 2.36. The molecule has 23 heavy (non-hydrogen) atoms. The third-order valence-corrected chi connectivity index (χ3v) is 3.75. The summed E-state index contributed by atoms with van der Waals surface area (Å²) in [6, 6.07) is 7.10. The summed E-state index contributed by atoms with van der Waals surface area (Å²) in [6.45, 7) is 2.61. The van der Waals surface area contributed by atoms with Gasteiger partial charge in [0.05, 0.1) is 10.4 Å². The second-order valence-electron chi connectivity index (χ2n) is 5.43. The van der Waals surface area contributed by atoms with Crippen molar-refractivity contribution in [2.45, 2.75) is 26.3 Å². The van der Waals surface area contributed by atoms with Crippen LogP contribution in [-0.2, 0) is 11.3 Å². The Morgan fingerprint density at radius 3 is 2.70 bits per heavy atom. The molecule has 0 saturated heterocycles. The fourth-order valence-electron chi connectivity index (χ4n) is 2.34. The Morgan fingerprint density at radius 1 is 1.30 bits per heavy atom. The lowest BCUT2D eigenvalue weighted by atomic mass is 10.2. The third kappa shape index (κ3) is 3.74. The second kappa shape index (κ2) is 7.04. The highest BCUT2D eigenvalue weighted by atomic mass is 16.6. The number of non-ortho nitro benzene ring substituents is 1. The van der Waals surface area contributed by atoms with Crippen molar-refractivity contribution in [2.75, 3.05) is 13.6 Å². The zero-order valence-corrected chi connectivity index (χ0v) is 13.2. The minimum Gasteiger partial charge on any atom is -0.344 e. The summed E-state index contributed by atoms with van der Waals surface area (Å²) in [5, 5.41) is 11.4. The number of aromatic nitrogens is 1. The topological polar surface area (TPSA) is 85.5 Å². The molecule has 0 N–H and O–H groups in total. The number of benzene rings is 1. The van der Waals surface area contributed by atoms with Crippen LogP contribution < -0.4 is 5.56 Å². The molecule has 122 valence electrons. The van der Waals surface area contributed by atoms with Gasteiger partial charge in [0.2, 0.25) is 5.91 Å². The molecule has 0 radical (unpaired) electrons. The van der Waals surface area contributed by atoms with Gasteiger partial charge in [0.15, 0.2) is 0 Å². The van der Waals surface area contributed by atoms with E-state index in [4.69, 9.17) is 0 Å². The van der Waals surface area contributed by atoms with Gasteiger partial charge in [0.1, 0.15) is 6.54 Å². The minimum atomic E-state index is -0.488. The fraction of sp³-hybridized carbons (Fsp3) is 0.375. The number of nitro benzene ring substituents is 1. The van der Waals surface area contributed by atoms with Gasteiger partial charge in [-0.25, -0.2) is 0 Å². The van der Waals surface area contributed by atoms with Crippen molar-refractivity contribution in [1.29, 1.82) is 0 Å². The highest BCUT2D eigenvalue weighted by molar-refractivity contribution is 5.83. The predicted octanol–water partition coefficient (Wildman–Crippen LogP) is 2.17. The number of rotatable bonds is 6. The molecule has 7 heteroatoms. The van der Waals surface area contributed by atoms with E-state index < -0.39 is 4.92 Å². The maximum atomic E-state index is 12.2. The molecule has 1 heterocycles. The number of unbranched alkanes of at least 4 members (excludes halogenated alkanes) is 1. The molecule has 0 unspecified atom stereocenters. The van der Waals surface area contributed by atoms with E-state index in [0.29, 0.717) is 17.4 Å². The highest BCUT2D eigenvalue weighted by Crippen LogP contribution is 2.19. The van der Waals surface area contributed by atoms with Gasteiger partial charge in [-0.15, -0.1) is 0 Å². The van der Waals surface area contributed by atoms with Gasteiger partial charge in [-0.2, -0.15) is 0 Å². The molecule has 0 aliphatic carbocycles. The van der Waals surface area contributed by atoms with Crippen LogP contribution in [0.5, 0.6) is 0 Å². The number of amides is 1. The van der Waals surface area contributed by atoms with Crippen molar-refractivity contribution in [2.24, 2.45) is 0 Å². The van der Waals surface area contributed by atoms with E-state index >= 15 is 0 Å². The van der Waals surface area contributed by atoms with E-state index in [0.717, 1.165) is 12.8 Å². The third-order valence-electron chi connectivity index (χ3n) is 3.75. The quantitative estimate of drug-likeness (QED) is 0.603. The first-order valence-electron chi connectivity index (χ1n) is 7.46. The summed E-state index contributed by atoms with van der Waals surface area (Å²) in [4.78, 5) is 36.3. The predicted molar refractivity (Wildman–Crippen MR) is 87.4 cm³/mol. The van der Waals surface area contributed by atoms with Crippen LogP contribution in [-0.4, -0.2) is 33.9 Å². The Hall–Kier alpha value is -2.70. The number of hydrogen-bond acceptors (Lipinski definition) is 4. The first kappa shape index (κ1) is 16.7. The molecule has 1 amide bonds. The van der Waals surface area contributed by atoms with Crippen molar-refractivity contribution in [3.8, 4) is 0 Å². The first-order chi connectivity index (χ1) is 10.9. The number of nitro groups is 1. The summed E-state index contributed by atoms with van der Waals surface area (Å²) in [5.74, 6) is -0.161. The Kier molecular flexibility index (Phi) is 5.10. The van der Waals surface area contributed by atoms with Gasteiger partial charge in [0, 0.05) is 37.2 Å². The molecule has 2 aromatic rings. The smallest absolute Gasteiger partial charge is 0.270 e. The average Bonchev–Trinajstić information content (AvgIpc) is 2.54. The van der Waals surface area contributed by atoms with Gasteiger partial charge >= 0.3 is 0 Å². The summed E-state index contributed by atoms with van der Waals surface area (Å²) in [5.41, 5.74) is 0.165. The molecule has 1 aromatic carbocycles.